The van der Waals surface area contributed by atoms with E-state index in [2.05, 4.69) is 19.8 Å². The summed E-state index contributed by atoms with van der Waals surface area (Å²) in [7, 11) is -3.16. The van der Waals surface area contributed by atoms with Gasteiger partial charge in [-0.2, -0.15) is 10.1 Å². The second kappa shape index (κ2) is 6.70. The molecule has 1 aliphatic carbocycles. The van der Waals surface area contributed by atoms with Crippen LogP contribution in [0.5, 0.6) is 0 Å². The lowest BCUT2D eigenvalue weighted by Crippen LogP contribution is -2.36. The Kier molecular flexibility index (Phi) is 4.68. The molecule has 0 amide bonds. The molecular formula is C14H21N5O2S. The lowest BCUT2D eigenvalue weighted by Gasteiger charge is -2.21. The molecule has 0 saturated heterocycles. The smallest absolute Gasteiger partial charge is 0.219 e. The van der Waals surface area contributed by atoms with Gasteiger partial charge in [0.05, 0.1) is 5.25 Å². The van der Waals surface area contributed by atoms with Crippen molar-refractivity contribution in [1.82, 2.24) is 24.3 Å². The van der Waals surface area contributed by atoms with E-state index in [1.165, 1.54) is 6.33 Å². The molecule has 8 heteroatoms. The standard InChI is InChI=1S/C14H21N5O2S/c20-22(21,13-6-2-1-3-7-13)18-8-4-5-12-9-15-14-16-11-17-19(14)10-12/h9-11,13,18H,1-8H2. The molecule has 0 radical (unpaired) electrons. The van der Waals surface area contributed by atoms with Crippen molar-refractivity contribution < 1.29 is 8.42 Å². The monoisotopic (exact) mass is 323 g/mol. The van der Waals surface area contributed by atoms with Gasteiger partial charge in [0.15, 0.2) is 0 Å². The number of hydrogen-bond donors (Lipinski definition) is 1. The van der Waals surface area contributed by atoms with Gasteiger partial charge >= 0.3 is 0 Å². The maximum atomic E-state index is 12.2. The second-order valence-electron chi connectivity index (χ2n) is 5.77. The number of aromatic nitrogens is 4. The summed E-state index contributed by atoms with van der Waals surface area (Å²) in [4.78, 5) is 8.18. The van der Waals surface area contributed by atoms with Crippen molar-refractivity contribution in [1.29, 1.82) is 0 Å². The SMILES string of the molecule is O=S(=O)(NCCCc1cnc2ncnn2c1)C1CCCCC1. The predicted molar refractivity (Wildman–Crippen MR) is 82.9 cm³/mol. The van der Waals surface area contributed by atoms with Crippen LogP contribution in [0.2, 0.25) is 0 Å². The van der Waals surface area contributed by atoms with Crippen LogP contribution in [-0.2, 0) is 16.4 Å². The molecule has 0 aliphatic heterocycles. The third kappa shape index (κ3) is 3.61. The second-order valence-corrected chi connectivity index (χ2v) is 7.82. The van der Waals surface area contributed by atoms with Crippen LogP contribution in [0.25, 0.3) is 5.78 Å². The van der Waals surface area contributed by atoms with Gasteiger partial charge in [0.1, 0.15) is 6.33 Å². The highest BCUT2D eigenvalue weighted by Crippen LogP contribution is 2.22. The Labute approximate surface area is 130 Å². The highest BCUT2D eigenvalue weighted by molar-refractivity contribution is 7.90. The van der Waals surface area contributed by atoms with Crippen molar-refractivity contribution in [3.05, 3.63) is 24.3 Å². The first-order valence-electron chi connectivity index (χ1n) is 7.78. The van der Waals surface area contributed by atoms with E-state index in [-0.39, 0.29) is 5.25 Å². The number of rotatable bonds is 6. The number of sulfonamides is 1. The number of hydrogen-bond acceptors (Lipinski definition) is 5. The maximum Gasteiger partial charge on any atom is 0.252 e. The number of fused-ring (bicyclic) bond motifs is 1. The van der Waals surface area contributed by atoms with Gasteiger partial charge in [-0.1, -0.05) is 19.3 Å². The van der Waals surface area contributed by atoms with E-state index >= 15 is 0 Å². The number of nitrogens with zero attached hydrogens (tertiary/aromatic N) is 4. The fourth-order valence-electron chi connectivity index (χ4n) is 2.89. The molecule has 7 nitrogen and oxygen atoms in total. The third-order valence-corrected chi connectivity index (χ3v) is 6.08. The summed E-state index contributed by atoms with van der Waals surface area (Å²) in [6.45, 7) is 0.466. The topological polar surface area (TPSA) is 89.2 Å². The predicted octanol–water partition coefficient (Wildman–Crippen LogP) is 1.31. The van der Waals surface area contributed by atoms with Crippen molar-refractivity contribution >= 4 is 15.8 Å². The molecule has 22 heavy (non-hydrogen) atoms. The number of nitrogens with one attached hydrogen (secondary N) is 1. The zero-order chi connectivity index (χ0) is 15.4. The van der Waals surface area contributed by atoms with Gasteiger partial charge in [-0.15, -0.1) is 0 Å². The summed E-state index contributed by atoms with van der Waals surface area (Å²) in [5, 5.41) is 3.84. The first-order valence-corrected chi connectivity index (χ1v) is 9.32. The zero-order valence-corrected chi connectivity index (χ0v) is 13.3. The molecule has 1 aliphatic rings. The van der Waals surface area contributed by atoms with Crippen LogP contribution in [0.3, 0.4) is 0 Å². The normalized spacial score (nSPS) is 17.1. The average molecular weight is 323 g/mol. The van der Waals surface area contributed by atoms with Crippen molar-refractivity contribution in [2.75, 3.05) is 6.54 Å². The van der Waals surface area contributed by atoms with Gasteiger partial charge in [-0.25, -0.2) is 22.6 Å². The first-order chi connectivity index (χ1) is 10.6. The van der Waals surface area contributed by atoms with E-state index in [1.807, 2.05) is 6.20 Å². The van der Waals surface area contributed by atoms with Crippen LogP contribution in [0.1, 0.15) is 44.1 Å². The van der Waals surface area contributed by atoms with Crippen molar-refractivity contribution in [2.45, 2.75) is 50.2 Å². The Balaban J connectivity index is 1.48. The van der Waals surface area contributed by atoms with Gasteiger partial charge in [-0.3, -0.25) is 0 Å². The van der Waals surface area contributed by atoms with Crippen LogP contribution in [-0.4, -0.2) is 39.8 Å². The molecule has 0 unspecified atom stereocenters. The van der Waals surface area contributed by atoms with Gasteiger partial charge in [-0.05, 0) is 31.2 Å². The van der Waals surface area contributed by atoms with Crippen LogP contribution in [0, 0.1) is 0 Å². The molecule has 2 heterocycles. The molecule has 0 aromatic carbocycles. The van der Waals surface area contributed by atoms with Crippen LogP contribution < -0.4 is 4.72 Å². The fourth-order valence-corrected chi connectivity index (χ4v) is 4.51. The average Bonchev–Trinajstić information content (AvgIpc) is 3.00. The largest absolute Gasteiger partial charge is 0.252 e. The molecule has 1 N–H and O–H groups in total. The van der Waals surface area contributed by atoms with Gasteiger partial charge < -0.3 is 0 Å². The molecule has 0 bridgehead atoms. The summed E-state index contributed by atoms with van der Waals surface area (Å²) in [6, 6.07) is 0. The summed E-state index contributed by atoms with van der Waals surface area (Å²) in [5.74, 6) is 0.571. The van der Waals surface area contributed by atoms with Gasteiger partial charge in [0, 0.05) is 18.9 Å². The molecular weight excluding hydrogens is 302 g/mol. The van der Waals surface area contributed by atoms with E-state index in [9.17, 15) is 8.42 Å². The Morgan fingerprint density at radius 2 is 2.05 bits per heavy atom. The minimum atomic E-state index is -3.16. The Bertz CT molecular complexity index is 722. The fraction of sp³-hybridized carbons (Fsp3) is 0.643. The summed E-state index contributed by atoms with van der Waals surface area (Å²) >= 11 is 0. The highest BCUT2D eigenvalue weighted by Gasteiger charge is 2.26. The van der Waals surface area contributed by atoms with E-state index in [4.69, 9.17) is 0 Å². The molecule has 0 spiro atoms. The molecule has 2 aromatic rings. The van der Waals surface area contributed by atoms with Gasteiger partial charge in [0.25, 0.3) is 5.78 Å². The summed E-state index contributed by atoms with van der Waals surface area (Å²) < 4.78 is 28.8. The molecule has 120 valence electrons. The van der Waals surface area contributed by atoms with Crippen LogP contribution in [0.15, 0.2) is 18.7 Å². The lowest BCUT2D eigenvalue weighted by atomic mass is 10.0. The van der Waals surface area contributed by atoms with E-state index < -0.39 is 10.0 Å². The van der Waals surface area contributed by atoms with E-state index in [0.717, 1.165) is 50.5 Å². The number of aryl methyl sites for hydroxylation is 1. The lowest BCUT2D eigenvalue weighted by molar-refractivity contribution is 0.477. The highest BCUT2D eigenvalue weighted by atomic mass is 32.2. The molecule has 3 rings (SSSR count). The quantitative estimate of drug-likeness (QED) is 0.810. The van der Waals surface area contributed by atoms with Crippen molar-refractivity contribution in [3.63, 3.8) is 0 Å². The molecule has 1 fully saturated rings. The Morgan fingerprint density at radius 3 is 2.86 bits per heavy atom. The minimum Gasteiger partial charge on any atom is -0.219 e. The summed E-state index contributed by atoms with van der Waals surface area (Å²) in [5.41, 5.74) is 1.02. The maximum absolute atomic E-state index is 12.2. The van der Waals surface area contributed by atoms with Crippen LogP contribution >= 0.6 is 0 Å². The third-order valence-electron chi connectivity index (χ3n) is 4.12. The van der Waals surface area contributed by atoms with Crippen LogP contribution in [0.4, 0.5) is 0 Å². The molecule has 0 atom stereocenters. The van der Waals surface area contributed by atoms with E-state index in [1.54, 1.807) is 10.7 Å². The minimum absolute atomic E-state index is 0.200. The Morgan fingerprint density at radius 1 is 1.23 bits per heavy atom. The van der Waals surface area contributed by atoms with E-state index in [0.29, 0.717) is 12.3 Å². The first kappa shape index (κ1) is 15.4. The molecule has 1 saturated carbocycles. The zero-order valence-electron chi connectivity index (χ0n) is 12.5. The van der Waals surface area contributed by atoms with Crippen molar-refractivity contribution in [3.8, 4) is 0 Å². The van der Waals surface area contributed by atoms with Gasteiger partial charge in [0.2, 0.25) is 10.0 Å². The molecule has 2 aromatic heterocycles. The van der Waals surface area contributed by atoms with Crippen molar-refractivity contribution in [2.24, 2.45) is 0 Å². The summed E-state index contributed by atoms with van der Waals surface area (Å²) in [6.07, 6.45) is 11.4. The Hall–Kier alpha value is -1.54.